The van der Waals surface area contributed by atoms with Gasteiger partial charge in [0.15, 0.2) is 0 Å². The minimum atomic E-state index is -0.174. The van der Waals surface area contributed by atoms with Gasteiger partial charge in [0, 0.05) is 29.2 Å². The van der Waals surface area contributed by atoms with Crippen molar-refractivity contribution in [1.82, 2.24) is 5.32 Å². The molecule has 2 atom stereocenters. The van der Waals surface area contributed by atoms with Crippen molar-refractivity contribution in [2.45, 2.75) is 24.3 Å². The topological polar surface area (TPSA) is 21.3 Å². The fourth-order valence-corrected chi connectivity index (χ4v) is 3.30. The molecule has 1 aliphatic rings. The van der Waals surface area contributed by atoms with Gasteiger partial charge in [-0.3, -0.25) is 0 Å². The average molecular weight is 269 g/mol. The number of hydrogen-bond donors (Lipinski definition) is 1. The molecule has 0 aromatic heterocycles. The molecule has 1 aliphatic heterocycles. The summed E-state index contributed by atoms with van der Waals surface area (Å²) in [7, 11) is 0. The van der Waals surface area contributed by atoms with Crippen molar-refractivity contribution >= 4 is 11.8 Å². The number of nitrogens with one attached hydrogen (secondary N) is 1. The highest BCUT2D eigenvalue weighted by Gasteiger charge is 2.24. The summed E-state index contributed by atoms with van der Waals surface area (Å²) in [6.45, 7) is 4.85. The normalized spacial score (nSPS) is 21.1. The largest absolute Gasteiger partial charge is 0.381 e. The van der Waals surface area contributed by atoms with Crippen LogP contribution >= 0.6 is 11.8 Å². The molecule has 1 fully saturated rings. The molecule has 4 heteroatoms. The molecule has 100 valence electrons. The van der Waals surface area contributed by atoms with E-state index < -0.39 is 0 Å². The monoisotopic (exact) mass is 269 g/mol. The molecule has 1 saturated heterocycles. The van der Waals surface area contributed by atoms with Gasteiger partial charge >= 0.3 is 0 Å². The Bertz CT molecular complexity index is 351. The highest BCUT2D eigenvalue weighted by molar-refractivity contribution is 7.99. The van der Waals surface area contributed by atoms with Gasteiger partial charge in [-0.15, -0.1) is 11.8 Å². The molecule has 1 aromatic carbocycles. The Labute approximate surface area is 112 Å². The molecule has 2 rings (SSSR count). The van der Waals surface area contributed by atoms with E-state index in [1.807, 2.05) is 12.1 Å². The second kappa shape index (κ2) is 7.12. The van der Waals surface area contributed by atoms with Gasteiger partial charge < -0.3 is 10.1 Å². The van der Waals surface area contributed by atoms with E-state index in [4.69, 9.17) is 4.74 Å². The van der Waals surface area contributed by atoms with E-state index in [0.717, 1.165) is 36.8 Å². The van der Waals surface area contributed by atoms with Crippen LogP contribution in [0.15, 0.2) is 29.2 Å². The maximum absolute atomic E-state index is 12.8. The lowest BCUT2D eigenvalue weighted by Crippen LogP contribution is -2.38. The van der Waals surface area contributed by atoms with Crippen molar-refractivity contribution in [1.29, 1.82) is 0 Å². The molecule has 0 aliphatic carbocycles. The van der Waals surface area contributed by atoms with E-state index in [1.165, 1.54) is 12.1 Å². The fraction of sp³-hybridized carbons (Fsp3) is 0.571. The minimum Gasteiger partial charge on any atom is -0.381 e. The van der Waals surface area contributed by atoms with E-state index in [2.05, 4.69) is 12.2 Å². The molecule has 1 N–H and O–H groups in total. The summed E-state index contributed by atoms with van der Waals surface area (Å²) in [6.07, 6.45) is 1.14. The molecule has 1 aromatic rings. The van der Waals surface area contributed by atoms with Crippen molar-refractivity contribution < 1.29 is 9.13 Å². The first-order valence-electron chi connectivity index (χ1n) is 6.49. The molecule has 1 heterocycles. The van der Waals surface area contributed by atoms with Crippen LogP contribution in [0.1, 0.15) is 13.3 Å². The summed E-state index contributed by atoms with van der Waals surface area (Å²) >= 11 is 1.78. The first-order chi connectivity index (χ1) is 8.79. The standard InChI is InChI=1S/C14H20FNOS/c1-2-16-14(11-7-8-17-9-11)10-18-13-5-3-12(15)4-6-13/h3-6,11,14,16H,2,7-10H2,1H3. The van der Waals surface area contributed by atoms with Crippen LogP contribution in [0.2, 0.25) is 0 Å². The van der Waals surface area contributed by atoms with Gasteiger partial charge in [-0.2, -0.15) is 0 Å². The predicted molar refractivity (Wildman–Crippen MR) is 73.5 cm³/mol. The smallest absolute Gasteiger partial charge is 0.123 e. The van der Waals surface area contributed by atoms with Crippen LogP contribution in [0.5, 0.6) is 0 Å². The average Bonchev–Trinajstić information content (AvgIpc) is 2.90. The quantitative estimate of drug-likeness (QED) is 0.802. The van der Waals surface area contributed by atoms with Crippen LogP contribution in [-0.2, 0) is 4.74 Å². The number of halogens is 1. The number of hydrogen-bond acceptors (Lipinski definition) is 3. The minimum absolute atomic E-state index is 0.174. The molecule has 2 nitrogen and oxygen atoms in total. The fourth-order valence-electron chi connectivity index (χ4n) is 2.21. The molecule has 2 unspecified atom stereocenters. The van der Waals surface area contributed by atoms with Crippen LogP contribution in [0, 0.1) is 11.7 Å². The van der Waals surface area contributed by atoms with E-state index in [1.54, 1.807) is 11.8 Å². The van der Waals surface area contributed by atoms with Gasteiger partial charge in [0.2, 0.25) is 0 Å². The molecule has 0 bridgehead atoms. The first-order valence-corrected chi connectivity index (χ1v) is 7.47. The van der Waals surface area contributed by atoms with Crippen LogP contribution in [0.3, 0.4) is 0 Å². The number of thioether (sulfide) groups is 1. The van der Waals surface area contributed by atoms with Crippen molar-refractivity contribution in [2.75, 3.05) is 25.5 Å². The lowest BCUT2D eigenvalue weighted by molar-refractivity contribution is 0.179. The van der Waals surface area contributed by atoms with Gasteiger partial charge in [-0.1, -0.05) is 6.92 Å². The van der Waals surface area contributed by atoms with Crippen LogP contribution in [-0.4, -0.2) is 31.6 Å². The molecule has 18 heavy (non-hydrogen) atoms. The summed E-state index contributed by atoms with van der Waals surface area (Å²) < 4.78 is 18.3. The molecule has 0 amide bonds. The maximum atomic E-state index is 12.8. The summed E-state index contributed by atoms with van der Waals surface area (Å²) in [5, 5.41) is 3.53. The van der Waals surface area contributed by atoms with Gasteiger partial charge in [-0.05, 0) is 37.2 Å². The van der Waals surface area contributed by atoms with Gasteiger partial charge in [0.05, 0.1) is 6.61 Å². The Kier molecular flexibility index (Phi) is 5.47. The Hall–Kier alpha value is -0.580. The molecular weight excluding hydrogens is 249 g/mol. The zero-order chi connectivity index (χ0) is 12.8. The van der Waals surface area contributed by atoms with Crippen molar-refractivity contribution in [2.24, 2.45) is 5.92 Å². The Morgan fingerprint density at radius 2 is 2.22 bits per heavy atom. The second-order valence-electron chi connectivity index (χ2n) is 4.55. The number of benzene rings is 1. The van der Waals surface area contributed by atoms with Crippen LogP contribution in [0.25, 0.3) is 0 Å². The number of ether oxygens (including phenoxy) is 1. The van der Waals surface area contributed by atoms with Gasteiger partial charge in [0.25, 0.3) is 0 Å². The van der Waals surface area contributed by atoms with E-state index in [9.17, 15) is 4.39 Å². The second-order valence-corrected chi connectivity index (χ2v) is 5.65. The van der Waals surface area contributed by atoms with E-state index >= 15 is 0 Å². The van der Waals surface area contributed by atoms with Crippen molar-refractivity contribution in [3.05, 3.63) is 30.1 Å². The Morgan fingerprint density at radius 3 is 2.83 bits per heavy atom. The number of rotatable bonds is 6. The third-order valence-corrected chi connectivity index (χ3v) is 4.37. The van der Waals surface area contributed by atoms with E-state index in [0.29, 0.717) is 12.0 Å². The molecule has 0 saturated carbocycles. The summed E-state index contributed by atoms with van der Waals surface area (Å²) in [5.41, 5.74) is 0. The van der Waals surface area contributed by atoms with Crippen molar-refractivity contribution in [3.63, 3.8) is 0 Å². The lowest BCUT2D eigenvalue weighted by atomic mass is 10.0. The highest BCUT2D eigenvalue weighted by Crippen LogP contribution is 2.24. The zero-order valence-corrected chi connectivity index (χ0v) is 11.5. The van der Waals surface area contributed by atoms with Crippen LogP contribution < -0.4 is 5.32 Å². The van der Waals surface area contributed by atoms with Crippen LogP contribution in [0.4, 0.5) is 4.39 Å². The summed E-state index contributed by atoms with van der Waals surface area (Å²) in [5.74, 6) is 1.44. The maximum Gasteiger partial charge on any atom is 0.123 e. The Balaban J connectivity index is 1.86. The molecular formula is C14H20FNOS. The highest BCUT2D eigenvalue weighted by atomic mass is 32.2. The summed E-state index contributed by atoms with van der Waals surface area (Å²) in [6, 6.07) is 7.20. The van der Waals surface area contributed by atoms with Crippen molar-refractivity contribution in [3.8, 4) is 0 Å². The third-order valence-electron chi connectivity index (χ3n) is 3.24. The SMILES string of the molecule is CCNC(CSc1ccc(F)cc1)C1CCOC1. The lowest BCUT2D eigenvalue weighted by Gasteiger charge is -2.22. The first kappa shape index (κ1) is 13.8. The molecule has 0 radical (unpaired) electrons. The molecule has 0 spiro atoms. The zero-order valence-electron chi connectivity index (χ0n) is 10.7. The predicted octanol–water partition coefficient (Wildman–Crippen LogP) is 2.93. The van der Waals surface area contributed by atoms with E-state index in [-0.39, 0.29) is 5.82 Å². The Morgan fingerprint density at radius 1 is 1.44 bits per heavy atom. The third kappa shape index (κ3) is 3.97. The summed E-state index contributed by atoms with van der Waals surface area (Å²) in [4.78, 5) is 1.12. The van der Waals surface area contributed by atoms with Gasteiger partial charge in [0.1, 0.15) is 5.82 Å². The van der Waals surface area contributed by atoms with Gasteiger partial charge in [-0.25, -0.2) is 4.39 Å².